The number of rotatable bonds is 6. The molecule has 0 spiro atoms. The molecule has 8 heteroatoms. The summed E-state index contributed by atoms with van der Waals surface area (Å²) in [7, 11) is 0. The first-order valence-electron chi connectivity index (χ1n) is 6.84. The van der Waals surface area contributed by atoms with Gasteiger partial charge in [-0.05, 0) is 25.1 Å². The highest BCUT2D eigenvalue weighted by Gasteiger charge is 2.14. The topological polar surface area (TPSA) is 101 Å². The number of thioether (sulfide) groups is 1. The molecular formula is C15H15N3O4S. The summed E-state index contributed by atoms with van der Waals surface area (Å²) in [4.78, 5) is 40.9. The highest BCUT2D eigenvalue weighted by atomic mass is 32.2. The zero-order valence-corrected chi connectivity index (χ0v) is 13.2. The maximum atomic E-state index is 12.0. The summed E-state index contributed by atoms with van der Waals surface area (Å²) in [6.07, 6.45) is 1.37. The number of amides is 1. The SMILES string of the molecule is CCOC(=O)c1ccccc1NC(=O)CSc1ccnc(=O)[nH]1. The standard InChI is InChI=1S/C15H15N3O4S/c1-2-22-14(20)10-5-3-4-6-11(10)17-12(19)9-23-13-7-8-16-15(21)18-13/h3-8H,2,9H2,1H3,(H,17,19)(H,16,18,21). The molecule has 0 saturated heterocycles. The molecule has 2 rings (SSSR count). The minimum Gasteiger partial charge on any atom is -0.462 e. The Kier molecular flexibility index (Phi) is 5.93. The Labute approximate surface area is 136 Å². The van der Waals surface area contributed by atoms with Gasteiger partial charge in [0.25, 0.3) is 0 Å². The van der Waals surface area contributed by atoms with E-state index in [0.717, 1.165) is 11.8 Å². The number of aromatic amines is 1. The van der Waals surface area contributed by atoms with Gasteiger partial charge in [0.1, 0.15) is 0 Å². The monoisotopic (exact) mass is 333 g/mol. The second kappa shape index (κ2) is 8.14. The van der Waals surface area contributed by atoms with Crippen molar-refractivity contribution in [1.29, 1.82) is 0 Å². The van der Waals surface area contributed by atoms with Crippen LogP contribution in [-0.4, -0.2) is 34.2 Å². The minimum atomic E-state index is -0.491. The predicted octanol–water partition coefficient (Wildman–Crippen LogP) is 1.68. The van der Waals surface area contributed by atoms with E-state index in [1.807, 2.05) is 0 Å². The summed E-state index contributed by atoms with van der Waals surface area (Å²) in [6.45, 7) is 1.97. The molecule has 0 bridgehead atoms. The first-order valence-corrected chi connectivity index (χ1v) is 7.83. The van der Waals surface area contributed by atoms with Crippen LogP contribution in [0.3, 0.4) is 0 Å². The molecule has 1 aromatic heterocycles. The van der Waals surface area contributed by atoms with Gasteiger partial charge in [0, 0.05) is 6.20 Å². The largest absolute Gasteiger partial charge is 0.462 e. The molecule has 1 amide bonds. The zero-order chi connectivity index (χ0) is 16.7. The van der Waals surface area contributed by atoms with E-state index in [1.165, 1.54) is 6.20 Å². The number of anilines is 1. The third kappa shape index (κ3) is 4.96. The van der Waals surface area contributed by atoms with Crippen molar-refractivity contribution >= 4 is 29.3 Å². The van der Waals surface area contributed by atoms with E-state index in [-0.39, 0.29) is 18.3 Å². The molecule has 1 aromatic carbocycles. The highest BCUT2D eigenvalue weighted by Crippen LogP contribution is 2.18. The van der Waals surface area contributed by atoms with Crippen LogP contribution in [0.2, 0.25) is 0 Å². The van der Waals surface area contributed by atoms with Gasteiger partial charge in [-0.2, -0.15) is 0 Å². The summed E-state index contributed by atoms with van der Waals surface area (Å²) in [5.41, 5.74) is 0.216. The lowest BCUT2D eigenvalue weighted by Crippen LogP contribution is -2.18. The van der Waals surface area contributed by atoms with Gasteiger partial charge in [-0.3, -0.25) is 4.79 Å². The fraction of sp³-hybridized carbons (Fsp3) is 0.200. The van der Waals surface area contributed by atoms with Crippen LogP contribution in [0.4, 0.5) is 5.69 Å². The Balaban J connectivity index is 2.00. The lowest BCUT2D eigenvalue weighted by Gasteiger charge is -2.10. The molecule has 0 fully saturated rings. The van der Waals surface area contributed by atoms with Gasteiger partial charge in [0.2, 0.25) is 5.91 Å². The van der Waals surface area contributed by atoms with E-state index in [1.54, 1.807) is 37.3 Å². The average Bonchev–Trinajstić information content (AvgIpc) is 2.54. The quantitative estimate of drug-likeness (QED) is 0.474. The zero-order valence-electron chi connectivity index (χ0n) is 12.4. The Hall–Kier alpha value is -2.61. The number of nitrogens with one attached hydrogen (secondary N) is 2. The first kappa shape index (κ1) is 16.8. The van der Waals surface area contributed by atoms with Crippen LogP contribution in [0, 0.1) is 0 Å². The van der Waals surface area contributed by atoms with Gasteiger partial charge >= 0.3 is 11.7 Å². The molecule has 0 unspecified atom stereocenters. The van der Waals surface area contributed by atoms with Crippen LogP contribution in [0.15, 0.2) is 46.3 Å². The maximum Gasteiger partial charge on any atom is 0.345 e. The molecule has 0 aliphatic carbocycles. The van der Waals surface area contributed by atoms with Crippen molar-refractivity contribution in [3.63, 3.8) is 0 Å². The third-order valence-corrected chi connectivity index (χ3v) is 3.66. The number of aromatic nitrogens is 2. The van der Waals surface area contributed by atoms with Crippen LogP contribution in [-0.2, 0) is 9.53 Å². The number of H-pyrrole nitrogens is 1. The van der Waals surface area contributed by atoms with Gasteiger partial charge in [-0.1, -0.05) is 23.9 Å². The number of esters is 1. The van der Waals surface area contributed by atoms with E-state index in [2.05, 4.69) is 15.3 Å². The molecule has 1 heterocycles. The van der Waals surface area contributed by atoms with E-state index >= 15 is 0 Å². The van der Waals surface area contributed by atoms with Crippen molar-refractivity contribution in [1.82, 2.24) is 9.97 Å². The minimum absolute atomic E-state index is 0.0805. The van der Waals surface area contributed by atoms with Crippen molar-refractivity contribution in [3.8, 4) is 0 Å². The Morgan fingerprint density at radius 3 is 2.83 bits per heavy atom. The second-order valence-electron chi connectivity index (χ2n) is 4.34. The summed E-state index contributed by atoms with van der Waals surface area (Å²) in [5, 5.41) is 3.21. The number of carbonyl (C=O) groups is 2. The second-order valence-corrected chi connectivity index (χ2v) is 5.36. The Morgan fingerprint density at radius 1 is 1.30 bits per heavy atom. The lowest BCUT2D eigenvalue weighted by molar-refractivity contribution is -0.113. The molecular weight excluding hydrogens is 318 g/mol. The van der Waals surface area contributed by atoms with Crippen LogP contribution < -0.4 is 11.0 Å². The van der Waals surface area contributed by atoms with Crippen LogP contribution in [0.5, 0.6) is 0 Å². The number of hydrogen-bond acceptors (Lipinski definition) is 6. The normalized spacial score (nSPS) is 10.1. The van der Waals surface area contributed by atoms with Gasteiger partial charge < -0.3 is 15.0 Å². The number of benzene rings is 1. The van der Waals surface area contributed by atoms with Crippen molar-refractivity contribution in [2.45, 2.75) is 11.9 Å². The molecule has 0 aliphatic heterocycles. The summed E-state index contributed by atoms with van der Waals surface area (Å²) >= 11 is 1.16. The van der Waals surface area contributed by atoms with E-state index in [0.29, 0.717) is 16.3 Å². The molecule has 0 radical (unpaired) electrons. The van der Waals surface area contributed by atoms with Gasteiger partial charge in [-0.25, -0.2) is 14.6 Å². The van der Waals surface area contributed by atoms with Crippen molar-refractivity contribution in [3.05, 3.63) is 52.6 Å². The summed E-state index contributed by atoms with van der Waals surface area (Å²) < 4.78 is 4.95. The Morgan fingerprint density at radius 2 is 2.09 bits per heavy atom. The number of nitrogens with zero attached hydrogens (tertiary/aromatic N) is 1. The van der Waals surface area contributed by atoms with Crippen LogP contribution in [0.1, 0.15) is 17.3 Å². The fourth-order valence-corrected chi connectivity index (χ4v) is 2.42. The molecule has 7 nitrogen and oxygen atoms in total. The van der Waals surface area contributed by atoms with Gasteiger partial charge in [-0.15, -0.1) is 0 Å². The van der Waals surface area contributed by atoms with Crippen molar-refractivity contribution in [2.75, 3.05) is 17.7 Å². The van der Waals surface area contributed by atoms with Gasteiger partial charge in [0.05, 0.1) is 28.6 Å². The first-order chi connectivity index (χ1) is 11.1. The number of carbonyl (C=O) groups excluding carboxylic acids is 2. The van der Waals surface area contributed by atoms with E-state index in [9.17, 15) is 14.4 Å². The van der Waals surface area contributed by atoms with Crippen LogP contribution >= 0.6 is 11.8 Å². The molecule has 0 aliphatic rings. The van der Waals surface area contributed by atoms with Crippen LogP contribution in [0.25, 0.3) is 0 Å². The Bertz CT molecular complexity index is 760. The molecule has 0 saturated carbocycles. The van der Waals surface area contributed by atoms with Crippen molar-refractivity contribution < 1.29 is 14.3 Å². The summed E-state index contributed by atoms with van der Waals surface area (Å²) in [6, 6.07) is 8.22. The average molecular weight is 333 g/mol. The van der Waals surface area contributed by atoms with E-state index in [4.69, 9.17) is 4.74 Å². The lowest BCUT2D eigenvalue weighted by atomic mass is 10.2. The maximum absolute atomic E-state index is 12.0. The summed E-state index contributed by atoms with van der Waals surface area (Å²) in [5.74, 6) is -0.712. The predicted molar refractivity (Wildman–Crippen MR) is 86.6 cm³/mol. The molecule has 23 heavy (non-hydrogen) atoms. The smallest absolute Gasteiger partial charge is 0.345 e. The van der Waals surface area contributed by atoms with E-state index < -0.39 is 11.7 Å². The fourth-order valence-electron chi connectivity index (χ4n) is 1.74. The molecule has 2 aromatic rings. The highest BCUT2D eigenvalue weighted by molar-refractivity contribution is 7.99. The number of ether oxygens (including phenoxy) is 1. The number of para-hydroxylation sites is 1. The molecule has 0 atom stereocenters. The molecule has 120 valence electrons. The molecule has 2 N–H and O–H groups in total. The number of hydrogen-bond donors (Lipinski definition) is 2. The van der Waals surface area contributed by atoms with Crippen molar-refractivity contribution in [2.24, 2.45) is 0 Å². The third-order valence-electron chi connectivity index (χ3n) is 2.70. The van der Waals surface area contributed by atoms with Gasteiger partial charge in [0.15, 0.2) is 0 Å².